The summed E-state index contributed by atoms with van der Waals surface area (Å²) in [5.74, 6) is 0.995. The van der Waals surface area contributed by atoms with Gasteiger partial charge in [0.2, 0.25) is 0 Å². The summed E-state index contributed by atoms with van der Waals surface area (Å²) in [6.07, 6.45) is 5.15. The standard InChI is InChI=1S/C13H22BrNO/c1-4-5-6-7-10(2)15-11(3)12-8-9-13(14)16-12/h8-11,15H,4-7H2,1-3H3. The molecule has 1 heterocycles. The van der Waals surface area contributed by atoms with Gasteiger partial charge in [0.1, 0.15) is 5.76 Å². The molecule has 0 saturated carbocycles. The fourth-order valence-electron chi connectivity index (χ4n) is 1.85. The van der Waals surface area contributed by atoms with Crippen LogP contribution in [0.5, 0.6) is 0 Å². The van der Waals surface area contributed by atoms with Gasteiger partial charge in [0, 0.05) is 6.04 Å². The average molecular weight is 288 g/mol. The Morgan fingerprint density at radius 1 is 1.31 bits per heavy atom. The van der Waals surface area contributed by atoms with E-state index in [9.17, 15) is 0 Å². The molecule has 92 valence electrons. The van der Waals surface area contributed by atoms with Crippen molar-refractivity contribution in [2.45, 2.75) is 58.5 Å². The summed E-state index contributed by atoms with van der Waals surface area (Å²) >= 11 is 3.32. The molecule has 0 aliphatic rings. The summed E-state index contributed by atoms with van der Waals surface area (Å²) in [4.78, 5) is 0. The Morgan fingerprint density at radius 3 is 2.62 bits per heavy atom. The van der Waals surface area contributed by atoms with Crippen molar-refractivity contribution in [1.82, 2.24) is 5.32 Å². The van der Waals surface area contributed by atoms with E-state index in [0.29, 0.717) is 6.04 Å². The molecule has 16 heavy (non-hydrogen) atoms. The second kappa shape index (κ2) is 7.13. The molecule has 2 unspecified atom stereocenters. The van der Waals surface area contributed by atoms with Crippen LogP contribution in [-0.4, -0.2) is 6.04 Å². The highest BCUT2D eigenvalue weighted by Gasteiger charge is 2.12. The molecule has 0 fully saturated rings. The molecule has 0 aliphatic carbocycles. The Bertz CT molecular complexity index is 298. The molecular formula is C13H22BrNO. The van der Waals surface area contributed by atoms with Crippen molar-refractivity contribution in [3.63, 3.8) is 0 Å². The van der Waals surface area contributed by atoms with Crippen LogP contribution in [0.3, 0.4) is 0 Å². The van der Waals surface area contributed by atoms with Gasteiger partial charge in [-0.2, -0.15) is 0 Å². The van der Waals surface area contributed by atoms with Crippen LogP contribution in [0.25, 0.3) is 0 Å². The molecule has 1 rings (SSSR count). The molecule has 3 heteroatoms. The lowest BCUT2D eigenvalue weighted by Gasteiger charge is -2.18. The third-order valence-corrected chi connectivity index (χ3v) is 3.22. The molecule has 0 radical (unpaired) electrons. The zero-order valence-corrected chi connectivity index (χ0v) is 12.0. The Hall–Kier alpha value is -0.280. The summed E-state index contributed by atoms with van der Waals surface area (Å²) < 4.78 is 6.33. The van der Waals surface area contributed by atoms with Gasteiger partial charge in [0.05, 0.1) is 6.04 Å². The van der Waals surface area contributed by atoms with Crippen molar-refractivity contribution in [3.05, 3.63) is 22.6 Å². The quantitative estimate of drug-likeness (QED) is 0.738. The van der Waals surface area contributed by atoms with Gasteiger partial charge in [-0.05, 0) is 48.3 Å². The van der Waals surface area contributed by atoms with Crippen LogP contribution in [0.4, 0.5) is 0 Å². The van der Waals surface area contributed by atoms with E-state index < -0.39 is 0 Å². The van der Waals surface area contributed by atoms with E-state index in [0.717, 1.165) is 10.4 Å². The average Bonchev–Trinajstić information content (AvgIpc) is 2.65. The molecule has 2 atom stereocenters. The topological polar surface area (TPSA) is 25.2 Å². The summed E-state index contributed by atoms with van der Waals surface area (Å²) in [7, 11) is 0. The fourth-order valence-corrected chi connectivity index (χ4v) is 2.17. The van der Waals surface area contributed by atoms with Crippen molar-refractivity contribution < 1.29 is 4.42 Å². The fraction of sp³-hybridized carbons (Fsp3) is 0.692. The van der Waals surface area contributed by atoms with E-state index in [2.05, 4.69) is 42.0 Å². The molecule has 2 nitrogen and oxygen atoms in total. The third-order valence-electron chi connectivity index (χ3n) is 2.80. The lowest BCUT2D eigenvalue weighted by atomic mass is 10.1. The zero-order chi connectivity index (χ0) is 12.0. The molecule has 1 N–H and O–H groups in total. The summed E-state index contributed by atoms with van der Waals surface area (Å²) in [5, 5.41) is 3.55. The number of hydrogen-bond donors (Lipinski definition) is 1. The first-order chi connectivity index (χ1) is 7.63. The molecule has 1 aromatic heterocycles. The Kier molecular flexibility index (Phi) is 6.14. The summed E-state index contributed by atoms with van der Waals surface area (Å²) in [6.45, 7) is 6.62. The predicted molar refractivity (Wildman–Crippen MR) is 71.6 cm³/mol. The highest BCUT2D eigenvalue weighted by Crippen LogP contribution is 2.20. The predicted octanol–water partition coefficient (Wildman–Crippen LogP) is 4.66. The summed E-state index contributed by atoms with van der Waals surface area (Å²) in [5.41, 5.74) is 0. The van der Waals surface area contributed by atoms with Crippen molar-refractivity contribution >= 4 is 15.9 Å². The maximum absolute atomic E-state index is 5.53. The molecule has 0 bridgehead atoms. The van der Waals surface area contributed by atoms with Crippen molar-refractivity contribution in [1.29, 1.82) is 0 Å². The highest BCUT2D eigenvalue weighted by atomic mass is 79.9. The number of hydrogen-bond acceptors (Lipinski definition) is 2. The minimum absolute atomic E-state index is 0.280. The van der Waals surface area contributed by atoms with Gasteiger partial charge in [0.15, 0.2) is 4.67 Å². The second-order valence-electron chi connectivity index (χ2n) is 4.43. The Labute approximate surface area is 107 Å². The maximum Gasteiger partial charge on any atom is 0.169 e. The first-order valence-electron chi connectivity index (χ1n) is 6.14. The number of rotatable bonds is 7. The number of halogens is 1. The van der Waals surface area contributed by atoms with E-state index in [-0.39, 0.29) is 6.04 Å². The SMILES string of the molecule is CCCCCC(C)NC(C)c1ccc(Br)o1. The van der Waals surface area contributed by atoms with Crippen molar-refractivity contribution in [2.75, 3.05) is 0 Å². The van der Waals surface area contributed by atoms with Crippen LogP contribution in [0, 0.1) is 0 Å². The lowest BCUT2D eigenvalue weighted by molar-refractivity contribution is 0.376. The van der Waals surface area contributed by atoms with Gasteiger partial charge in [-0.1, -0.05) is 26.2 Å². The minimum atomic E-state index is 0.280. The van der Waals surface area contributed by atoms with Gasteiger partial charge in [-0.25, -0.2) is 0 Å². The van der Waals surface area contributed by atoms with Crippen LogP contribution in [0.2, 0.25) is 0 Å². The Balaban J connectivity index is 2.30. The molecule has 1 aromatic rings. The van der Waals surface area contributed by atoms with E-state index in [1.54, 1.807) is 0 Å². The maximum atomic E-state index is 5.53. The van der Waals surface area contributed by atoms with Gasteiger partial charge in [-0.3, -0.25) is 0 Å². The minimum Gasteiger partial charge on any atom is -0.453 e. The van der Waals surface area contributed by atoms with Crippen LogP contribution < -0.4 is 5.32 Å². The molecule has 0 spiro atoms. The van der Waals surface area contributed by atoms with Gasteiger partial charge >= 0.3 is 0 Å². The van der Waals surface area contributed by atoms with Gasteiger partial charge in [-0.15, -0.1) is 0 Å². The first kappa shape index (κ1) is 13.8. The number of nitrogens with one attached hydrogen (secondary N) is 1. The van der Waals surface area contributed by atoms with Crippen molar-refractivity contribution in [2.24, 2.45) is 0 Å². The van der Waals surface area contributed by atoms with E-state index in [1.807, 2.05) is 12.1 Å². The molecule has 0 aliphatic heterocycles. The normalized spacial score (nSPS) is 15.0. The Morgan fingerprint density at radius 2 is 2.06 bits per heavy atom. The van der Waals surface area contributed by atoms with Crippen LogP contribution in [0.15, 0.2) is 21.2 Å². The van der Waals surface area contributed by atoms with E-state index >= 15 is 0 Å². The molecule has 0 amide bonds. The number of furan rings is 1. The smallest absolute Gasteiger partial charge is 0.169 e. The third kappa shape index (κ3) is 4.71. The van der Waals surface area contributed by atoms with Gasteiger partial charge < -0.3 is 9.73 Å². The van der Waals surface area contributed by atoms with Gasteiger partial charge in [0.25, 0.3) is 0 Å². The van der Waals surface area contributed by atoms with E-state index in [4.69, 9.17) is 4.42 Å². The monoisotopic (exact) mass is 287 g/mol. The van der Waals surface area contributed by atoms with Crippen LogP contribution in [-0.2, 0) is 0 Å². The van der Waals surface area contributed by atoms with Crippen LogP contribution >= 0.6 is 15.9 Å². The second-order valence-corrected chi connectivity index (χ2v) is 5.21. The van der Waals surface area contributed by atoms with Crippen LogP contribution in [0.1, 0.15) is 58.3 Å². The lowest BCUT2D eigenvalue weighted by Crippen LogP contribution is -2.28. The number of unbranched alkanes of at least 4 members (excludes halogenated alkanes) is 2. The molecule has 0 aromatic carbocycles. The highest BCUT2D eigenvalue weighted by molar-refractivity contribution is 9.10. The first-order valence-corrected chi connectivity index (χ1v) is 6.94. The largest absolute Gasteiger partial charge is 0.453 e. The summed E-state index contributed by atoms with van der Waals surface area (Å²) in [6, 6.07) is 4.78. The molecule has 0 saturated heterocycles. The zero-order valence-electron chi connectivity index (χ0n) is 10.4. The molecular weight excluding hydrogens is 266 g/mol. The van der Waals surface area contributed by atoms with Crippen molar-refractivity contribution in [3.8, 4) is 0 Å². The van der Waals surface area contributed by atoms with E-state index in [1.165, 1.54) is 25.7 Å².